The highest BCUT2D eigenvalue weighted by Crippen LogP contribution is 2.35. The molecule has 36 heavy (non-hydrogen) atoms. The van der Waals surface area contributed by atoms with E-state index in [-0.39, 0.29) is 48.2 Å². The molecule has 1 aromatic heterocycles. The molecule has 0 radical (unpaired) electrons. The SMILES string of the molecule is CC(C)OC(=O)CC(NC(=O)CCc1nc2ccccc2c(=O)n1C1CC1)c1ccccc1[N+](=O)[O-]. The number of nitro groups is 1. The molecule has 1 heterocycles. The number of esters is 1. The number of para-hydroxylation sites is 2. The maximum absolute atomic E-state index is 13.1. The zero-order chi connectivity index (χ0) is 25.8. The van der Waals surface area contributed by atoms with Crippen molar-refractivity contribution in [1.82, 2.24) is 14.9 Å². The standard InChI is InChI=1S/C26H28N4O6/c1-16(2)36-25(32)15-21(18-7-4-6-10-22(18)30(34)35)28-24(31)14-13-23-27-20-9-5-3-8-19(20)26(33)29(23)17-11-12-17/h3-10,16-17,21H,11-15H2,1-2H3,(H,28,31). The van der Waals surface area contributed by atoms with Crippen LogP contribution >= 0.6 is 0 Å². The van der Waals surface area contributed by atoms with Gasteiger partial charge in [0.1, 0.15) is 5.82 Å². The number of carbonyl (C=O) groups excluding carboxylic acids is 2. The van der Waals surface area contributed by atoms with Crippen molar-refractivity contribution in [2.24, 2.45) is 0 Å². The minimum atomic E-state index is -0.944. The first-order chi connectivity index (χ1) is 17.2. The Balaban J connectivity index is 1.55. The molecule has 0 saturated heterocycles. The molecule has 0 bridgehead atoms. The summed E-state index contributed by atoms with van der Waals surface area (Å²) in [6.45, 7) is 3.40. The van der Waals surface area contributed by atoms with Gasteiger partial charge in [-0.1, -0.05) is 30.3 Å². The normalized spacial score (nSPS) is 14.0. The van der Waals surface area contributed by atoms with Crippen LogP contribution in [-0.4, -0.2) is 32.5 Å². The number of nitrogens with one attached hydrogen (secondary N) is 1. The fourth-order valence-corrected chi connectivity index (χ4v) is 4.23. The Morgan fingerprint density at radius 2 is 1.86 bits per heavy atom. The molecule has 1 unspecified atom stereocenters. The van der Waals surface area contributed by atoms with Crippen molar-refractivity contribution in [1.29, 1.82) is 0 Å². The van der Waals surface area contributed by atoms with Crippen LogP contribution in [0.1, 0.15) is 63.0 Å². The molecule has 10 heteroatoms. The number of hydrogen-bond acceptors (Lipinski definition) is 7. The third-order valence-corrected chi connectivity index (χ3v) is 5.95. The van der Waals surface area contributed by atoms with Gasteiger partial charge in [0, 0.05) is 24.9 Å². The summed E-state index contributed by atoms with van der Waals surface area (Å²) in [6.07, 6.45) is 1.36. The third kappa shape index (κ3) is 5.76. The molecule has 0 aliphatic heterocycles. The van der Waals surface area contributed by atoms with E-state index < -0.39 is 22.8 Å². The topological polar surface area (TPSA) is 133 Å². The number of ether oxygens (including phenoxy) is 1. The number of rotatable bonds is 10. The minimum Gasteiger partial charge on any atom is -0.463 e. The number of aromatic nitrogens is 2. The lowest BCUT2D eigenvalue weighted by atomic mass is 10.0. The van der Waals surface area contributed by atoms with E-state index in [1.54, 1.807) is 48.7 Å². The van der Waals surface area contributed by atoms with E-state index in [1.165, 1.54) is 18.2 Å². The lowest BCUT2D eigenvalue weighted by Crippen LogP contribution is -2.32. The van der Waals surface area contributed by atoms with Gasteiger partial charge in [0.15, 0.2) is 0 Å². The molecule has 188 valence electrons. The Kier molecular flexibility index (Phi) is 7.42. The minimum absolute atomic E-state index is 0.00609. The molecule has 10 nitrogen and oxygen atoms in total. The van der Waals surface area contributed by atoms with Crippen molar-refractivity contribution in [2.75, 3.05) is 0 Å². The van der Waals surface area contributed by atoms with Crippen molar-refractivity contribution in [3.8, 4) is 0 Å². The van der Waals surface area contributed by atoms with Crippen LogP contribution in [0.2, 0.25) is 0 Å². The number of hydrogen-bond donors (Lipinski definition) is 1. The molecule has 2 aromatic carbocycles. The first-order valence-corrected chi connectivity index (χ1v) is 12.0. The molecular weight excluding hydrogens is 464 g/mol. The van der Waals surface area contributed by atoms with E-state index in [0.717, 1.165) is 12.8 Å². The summed E-state index contributed by atoms with van der Waals surface area (Å²) in [5, 5.41) is 14.9. The quantitative estimate of drug-likeness (QED) is 0.259. The number of fused-ring (bicyclic) bond motifs is 1. The summed E-state index contributed by atoms with van der Waals surface area (Å²) in [7, 11) is 0. The summed E-state index contributed by atoms with van der Waals surface area (Å²) in [5.41, 5.74) is 0.478. The average molecular weight is 493 g/mol. The fourth-order valence-electron chi connectivity index (χ4n) is 4.23. The van der Waals surface area contributed by atoms with Crippen molar-refractivity contribution < 1.29 is 19.2 Å². The van der Waals surface area contributed by atoms with Gasteiger partial charge in [-0.2, -0.15) is 0 Å². The molecule has 4 rings (SSSR count). The van der Waals surface area contributed by atoms with Crippen LogP contribution in [0.3, 0.4) is 0 Å². The molecule has 1 atom stereocenters. The first kappa shape index (κ1) is 25.0. The highest BCUT2D eigenvalue weighted by molar-refractivity contribution is 5.79. The van der Waals surface area contributed by atoms with Crippen molar-refractivity contribution in [2.45, 2.75) is 64.1 Å². The molecule has 1 N–H and O–H groups in total. The number of aryl methyl sites for hydroxylation is 1. The first-order valence-electron chi connectivity index (χ1n) is 12.0. The van der Waals surface area contributed by atoms with Gasteiger partial charge in [-0.25, -0.2) is 4.98 Å². The summed E-state index contributed by atoms with van der Waals surface area (Å²) >= 11 is 0. The Morgan fingerprint density at radius 1 is 1.17 bits per heavy atom. The summed E-state index contributed by atoms with van der Waals surface area (Å²) in [6, 6.07) is 12.2. The molecule has 1 amide bonds. The van der Waals surface area contributed by atoms with Gasteiger partial charge >= 0.3 is 5.97 Å². The largest absolute Gasteiger partial charge is 0.463 e. The zero-order valence-electron chi connectivity index (χ0n) is 20.2. The lowest BCUT2D eigenvalue weighted by molar-refractivity contribution is -0.385. The zero-order valence-corrected chi connectivity index (χ0v) is 20.2. The van der Waals surface area contributed by atoms with E-state index in [9.17, 15) is 24.5 Å². The highest BCUT2D eigenvalue weighted by Gasteiger charge is 2.29. The summed E-state index contributed by atoms with van der Waals surface area (Å²) in [5.74, 6) is -0.467. The third-order valence-electron chi connectivity index (χ3n) is 5.95. The van der Waals surface area contributed by atoms with Crippen LogP contribution in [0.4, 0.5) is 5.69 Å². The molecule has 1 aliphatic rings. The van der Waals surface area contributed by atoms with Crippen LogP contribution in [0, 0.1) is 10.1 Å². The van der Waals surface area contributed by atoms with Gasteiger partial charge in [0.2, 0.25) is 5.91 Å². The number of nitro benzene ring substituents is 1. The fraction of sp³-hybridized carbons (Fsp3) is 0.385. The van der Waals surface area contributed by atoms with Crippen molar-refractivity contribution in [3.63, 3.8) is 0 Å². The number of amides is 1. The van der Waals surface area contributed by atoms with Crippen LogP contribution in [0.25, 0.3) is 10.9 Å². The number of benzene rings is 2. The maximum atomic E-state index is 13.1. The van der Waals surface area contributed by atoms with E-state index in [4.69, 9.17) is 4.74 Å². The lowest BCUT2D eigenvalue weighted by Gasteiger charge is -2.20. The van der Waals surface area contributed by atoms with Crippen LogP contribution < -0.4 is 10.9 Å². The van der Waals surface area contributed by atoms with Crippen LogP contribution in [0.15, 0.2) is 53.3 Å². The van der Waals surface area contributed by atoms with Gasteiger partial charge in [-0.05, 0) is 38.8 Å². The van der Waals surface area contributed by atoms with E-state index >= 15 is 0 Å². The maximum Gasteiger partial charge on any atom is 0.308 e. The molecule has 0 spiro atoms. The Labute approximate surface area is 207 Å². The van der Waals surface area contributed by atoms with Gasteiger partial charge in [0.05, 0.1) is 40.0 Å². The Hall–Kier alpha value is -4.08. The van der Waals surface area contributed by atoms with Crippen molar-refractivity contribution >= 4 is 28.5 Å². The summed E-state index contributed by atoms with van der Waals surface area (Å²) < 4.78 is 6.88. The average Bonchev–Trinajstić information content (AvgIpc) is 3.67. The highest BCUT2D eigenvalue weighted by atomic mass is 16.6. The molecular formula is C26H28N4O6. The van der Waals surface area contributed by atoms with Crippen LogP contribution in [0.5, 0.6) is 0 Å². The van der Waals surface area contributed by atoms with Gasteiger partial charge in [-0.15, -0.1) is 0 Å². The van der Waals surface area contributed by atoms with Gasteiger partial charge in [0.25, 0.3) is 11.2 Å². The van der Waals surface area contributed by atoms with Crippen molar-refractivity contribution in [3.05, 3.63) is 80.4 Å². The molecule has 1 saturated carbocycles. The predicted octanol–water partition coefficient (Wildman–Crippen LogP) is 3.77. The summed E-state index contributed by atoms with van der Waals surface area (Å²) in [4.78, 5) is 54.1. The molecule has 1 aliphatic carbocycles. The molecule has 3 aromatic rings. The number of carbonyl (C=O) groups is 2. The molecule has 1 fully saturated rings. The van der Waals surface area contributed by atoms with Gasteiger partial charge < -0.3 is 10.1 Å². The van der Waals surface area contributed by atoms with Gasteiger partial charge in [-0.3, -0.25) is 29.1 Å². The Bertz CT molecular complexity index is 1360. The second-order valence-corrected chi connectivity index (χ2v) is 9.13. The smallest absolute Gasteiger partial charge is 0.308 e. The number of nitrogens with zero attached hydrogens (tertiary/aromatic N) is 3. The van der Waals surface area contributed by atoms with E-state index in [2.05, 4.69) is 10.3 Å². The monoisotopic (exact) mass is 492 g/mol. The second-order valence-electron chi connectivity index (χ2n) is 9.13. The van der Waals surface area contributed by atoms with E-state index in [1.807, 2.05) is 0 Å². The second kappa shape index (κ2) is 10.7. The Morgan fingerprint density at radius 3 is 2.56 bits per heavy atom. The predicted molar refractivity (Wildman–Crippen MR) is 132 cm³/mol. The van der Waals surface area contributed by atoms with E-state index in [0.29, 0.717) is 16.7 Å². The van der Waals surface area contributed by atoms with Crippen LogP contribution in [-0.2, 0) is 20.7 Å².